The van der Waals surface area contributed by atoms with Crippen molar-refractivity contribution in [3.05, 3.63) is 42.1 Å². The molecule has 104 valence electrons. The Morgan fingerprint density at radius 3 is 2.55 bits per heavy atom. The minimum absolute atomic E-state index is 0.117. The summed E-state index contributed by atoms with van der Waals surface area (Å²) in [5.74, 6) is -0.0840. The van der Waals surface area contributed by atoms with E-state index in [1.54, 1.807) is 43.6 Å². The van der Waals surface area contributed by atoms with Crippen molar-refractivity contribution in [1.82, 2.24) is 15.1 Å². The monoisotopic (exact) mass is 273 g/mol. The summed E-state index contributed by atoms with van der Waals surface area (Å²) in [6.45, 7) is -0.117. The highest BCUT2D eigenvalue weighted by Crippen LogP contribution is 2.05. The molecule has 2 rings (SSSR count). The van der Waals surface area contributed by atoms with Gasteiger partial charge in [-0.3, -0.25) is 14.3 Å². The third kappa shape index (κ3) is 3.35. The fourth-order valence-electron chi connectivity index (χ4n) is 1.58. The van der Waals surface area contributed by atoms with E-state index in [9.17, 15) is 9.59 Å². The van der Waals surface area contributed by atoms with E-state index in [1.165, 1.54) is 4.68 Å². The molecule has 0 aliphatic heterocycles. The molecule has 2 aromatic rings. The number of aromatic nitrogens is 2. The van der Waals surface area contributed by atoms with E-state index in [0.29, 0.717) is 17.1 Å². The van der Waals surface area contributed by atoms with Gasteiger partial charge in [0.1, 0.15) is 5.82 Å². The van der Waals surface area contributed by atoms with Gasteiger partial charge in [-0.25, -0.2) is 0 Å². The van der Waals surface area contributed by atoms with Gasteiger partial charge in [0.05, 0.1) is 12.7 Å². The number of amides is 2. The number of nitrogens with zero attached hydrogens (tertiary/aromatic N) is 2. The zero-order valence-electron chi connectivity index (χ0n) is 11.0. The molecule has 4 N–H and O–H groups in total. The molecular formula is C13H15N5O2. The molecule has 0 saturated heterocycles. The van der Waals surface area contributed by atoms with Crippen LogP contribution >= 0.6 is 0 Å². The number of anilines is 2. The molecule has 1 aromatic carbocycles. The summed E-state index contributed by atoms with van der Waals surface area (Å²) in [5, 5.41) is 9.09. The van der Waals surface area contributed by atoms with Crippen LogP contribution in [-0.2, 0) is 11.8 Å². The highest BCUT2D eigenvalue weighted by Gasteiger charge is 2.09. The van der Waals surface area contributed by atoms with Crippen molar-refractivity contribution in [3.63, 3.8) is 0 Å². The molecule has 20 heavy (non-hydrogen) atoms. The van der Waals surface area contributed by atoms with E-state index < -0.39 is 0 Å². The van der Waals surface area contributed by atoms with Crippen LogP contribution < -0.4 is 16.4 Å². The van der Waals surface area contributed by atoms with E-state index in [2.05, 4.69) is 15.7 Å². The van der Waals surface area contributed by atoms with Gasteiger partial charge in [-0.15, -0.1) is 0 Å². The lowest BCUT2D eigenvalue weighted by Crippen LogP contribution is -2.33. The number of benzene rings is 1. The molecule has 0 atom stereocenters. The second kappa shape index (κ2) is 5.87. The van der Waals surface area contributed by atoms with Crippen molar-refractivity contribution in [2.75, 3.05) is 17.6 Å². The average Bonchev–Trinajstić information content (AvgIpc) is 2.82. The normalized spacial score (nSPS) is 10.1. The lowest BCUT2D eigenvalue weighted by atomic mass is 10.2. The number of rotatable bonds is 4. The number of hydrogen-bond acceptors (Lipinski definition) is 4. The predicted molar refractivity (Wildman–Crippen MR) is 75.0 cm³/mol. The van der Waals surface area contributed by atoms with Crippen LogP contribution in [0.15, 0.2) is 36.5 Å². The number of aryl methyl sites for hydroxylation is 1. The summed E-state index contributed by atoms with van der Waals surface area (Å²) < 4.78 is 1.53. The second-order valence-corrected chi connectivity index (χ2v) is 4.19. The summed E-state index contributed by atoms with van der Waals surface area (Å²) >= 11 is 0. The molecule has 0 spiro atoms. The third-order valence-electron chi connectivity index (χ3n) is 2.67. The quantitative estimate of drug-likeness (QED) is 0.700. The van der Waals surface area contributed by atoms with Crippen molar-refractivity contribution in [1.29, 1.82) is 0 Å². The largest absolute Gasteiger partial charge is 0.399 e. The molecule has 7 nitrogen and oxygen atoms in total. The lowest BCUT2D eigenvalue weighted by molar-refractivity contribution is -0.115. The predicted octanol–water partition coefficient (Wildman–Crippen LogP) is 0.371. The van der Waals surface area contributed by atoms with Crippen LogP contribution in [-0.4, -0.2) is 28.1 Å². The van der Waals surface area contributed by atoms with E-state index >= 15 is 0 Å². The van der Waals surface area contributed by atoms with E-state index in [4.69, 9.17) is 5.73 Å². The number of hydrogen-bond donors (Lipinski definition) is 3. The van der Waals surface area contributed by atoms with Crippen LogP contribution in [0.25, 0.3) is 0 Å². The molecule has 0 aliphatic rings. The minimum Gasteiger partial charge on any atom is -0.399 e. The van der Waals surface area contributed by atoms with Gasteiger partial charge >= 0.3 is 0 Å². The van der Waals surface area contributed by atoms with Gasteiger partial charge in [0.15, 0.2) is 0 Å². The average molecular weight is 273 g/mol. The summed E-state index contributed by atoms with van der Waals surface area (Å²) in [7, 11) is 1.71. The number of nitrogens with two attached hydrogens (primary N) is 1. The fourth-order valence-corrected chi connectivity index (χ4v) is 1.58. The van der Waals surface area contributed by atoms with Crippen LogP contribution in [0.1, 0.15) is 10.4 Å². The van der Waals surface area contributed by atoms with Gasteiger partial charge in [-0.1, -0.05) is 0 Å². The molecule has 0 saturated carbocycles. The van der Waals surface area contributed by atoms with E-state index in [1.807, 2.05) is 0 Å². The van der Waals surface area contributed by atoms with Crippen molar-refractivity contribution >= 4 is 23.3 Å². The Morgan fingerprint density at radius 2 is 1.95 bits per heavy atom. The maximum Gasteiger partial charge on any atom is 0.251 e. The van der Waals surface area contributed by atoms with Gasteiger partial charge in [0.25, 0.3) is 5.91 Å². The lowest BCUT2D eigenvalue weighted by Gasteiger charge is -2.07. The third-order valence-corrected chi connectivity index (χ3v) is 2.67. The Bertz CT molecular complexity index is 618. The first kappa shape index (κ1) is 13.6. The molecule has 0 bridgehead atoms. The fraction of sp³-hybridized carbons (Fsp3) is 0.154. The molecule has 0 fully saturated rings. The molecule has 7 heteroatoms. The summed E-state index contributed by atoms with van der Waals surface area (Å²) in [4.78, 5) is 23.4. The topological polar surface area (TPSA) is 102 Å². The number of carbonyl (C=O) groups excluding carboxylic acids is 2. The van der Waals surface area contributed by atoms with Crippen LogP contribution in [0.5, 0.6) is 0 Å². The second-order valence-electron chi connectivity index (χ2n) is 4.19. The van der Waals surface area contributed by atoms with Crippen LogP contribution in [0.2, 0.25) is 0 Å². The summed E-state index contributed by atoms with van der Waals surface area (Å²) in [6, 6.07) is 8.13. The smallest absolute Gasteiger partial charge is 0.251 e. The number of nitrogen functional groups attached to an aromatic ring is 1. The molecule has 1 aromatic heterocycles. The molecule has 0 unspecified atom stereocenters. The highest BCUT2D eigenvalue weighted by atomic mass is 16.2. The minimum atomic E-state index is -0.329. The van der Waals surface area contributed by atoms with Gasteiger partial charge in [-0.2, -0.15) is 5.10 Å². The molecule has 2 amide bonds. The highest BCUT2D eigenvalue weighted by molar-refractivity contribution is 5.99. The molecular weight excluding hydrogens is 258 g/mol. The van der Waals surface area contributed by atoms with E-state index in [0.717, 1.165) is 0 Å². The zero-order valence-corrected chi connectivity index (χ0v) is 11.0. The van der Waals surface area contributed by atoms with E-state index in [-0.39, 0.29) is 18.4 Å². The molecule has 1 heterocycles. The van der Waals surface area contributed by atoms with Crippen molar-refractivity contribution in [2.24, 2.45) is 7.05 Å². The van der Waals surface area contributed by atoms with Crippen LogP contribution in [0.3, 0.4) is 0 Å². The Labute approximate surface area is 115 Å². The Hall–Kier alpha value is -2.83. The Balaban J connectivity index is 1.85. The standard InChI is InChI=1S/C13H15N5O2/c1-18-11(6-7-16-18)17-12(19)8-15-13(20)9-2-4-10(14)5-3-9/h2-7H,8,14H2,1H3,(H,15,20)(H,17,19). The van der Waals surface area contributed by atoms with Crippen molar-refractivity contribution in [2.45, 2.75) is 0 Å². The van der Waals surface area contributed by atoms with Gasteiger partial charge in [0, 0.05) is 24.4 Å². The van der Waals surface area contributed by atoms with Crippen LogP contribution in [0, 0.1) is 0 Å². The first-order chi connectivity index (χ1) is 9.56. The summed E-state index contributed by atoms with van der Waals surface area (Å²) in [6.07, 6.45) is 1.57. The first-order valence-electron chi connectivity index (χ1n) is 5.98. The van der Waals surface area contributed by atoms with Crippen molar-refractivity contribution in [3.8, 4) is 0 Å². The Kier molecular flexibility index (Phi) is 3.99. The zero-order chi connectivity index (χ0) is 14.5. The SMILES string of the molecule is Cn1nccc1NC(=O)CNC(=O)c1ccc(N)cc1. The van der Waals surface area contributed by atoms with Crippen molar-refractivity contribution < 1.29 is 9.59 Å². The summed E-state index contributed by atoms with van der Waals surface area (Å²) in [5.41, 5.74) is 6.57. The Morgan fingerprint density at radius 1 is 1.25 bits per heavy atom. The molecule has 0 radical (unpaired) electrons. The van der Waals surface area contributed by atoms with Gasteiger partial charge < -0.3 is 16.4 Å². The molecule has 0 aliphatic carbocycles. The van der Waals surface area contributed by atoms with Crippen LogP contribution in [0.4, 0.5) is 11.5 Å². The number of carbonyl (C=O) groups is 2. The van der Waals surface area contributed by atoms with Gasteiger partial charge in [-0.05, 0) is 24.3 Å². The number of nitrogens with one attached hydrogen (secondary N) is 2. The first-order valence-corrected chi connectivity index (χ1v) is 5.98. The van der Waals surface area contributed by atoms with Gasteiger partial charge in [0.2, 0.25) is 5.91 Å². The maximum absolute atomic E-state index is 11.8. The maximum atomic E-state index is 11.8.